The molecule has 0 atom stereocenters. The smallest absolute Gasteiger partial charge is 0.251 e. The van der Waals surface area contributed by atoms with Crippen molar-refractivity contribution in [3.05, 3.63) is 29.3 Å². The van der Waals surface area contributed by atoms with Crippen LogP contribution < -0.4 is 5.32 Å². The third-order valence-electron chi connectivity index (χ3n) is 3.25. The Morgan fingerprint density at radius 2 is 2.16 bits per heavy atom. The first kappa shape index (κ1) is 13.9. The Hall–Kier alpha value is -1.50. The first-order chi connectivity index (χ1) is 9.14. The van der Waals surface area contributed by atoms with Gasteiger partial charge in [0.1, 0.15) is 0 Å². The third kappa shape index (κ3) is 2.75. The SMILES string of the molecule is CCC(CO)(CO)NC(=O)c1ccc2ncsc2c1. The van der Waals surface area contributed by atoms with E-state index in [-0.39, 0.29) is 19.1 Å². The predicted molar refractivity (Wildman–Crippen MR) is 74.3 cm³/mol. The van der Waals surface area contributed by atoms with Crippen LogP contribution in [-0.4, -0.2) is 39.9 Å². The Morgan fingerprint density at radius 3 is 2.79 bits per heavy atom. The Bertz CT molecular complexity index is 570. The van der Waals surface area contributed by atoms with Crippen LogP contribution >= 0.6 is 11.3 Å². The third-order valence-corrected chi connectivity index (χ3v) is 4.05. The van der Waals surface area contributed by atoms with Crippen LogP contribution in [0.5, 0.6) is 0 Å². The van der Waals surface area contributed by atoms with Crippen LogP contribution in [0.15, 0.2) is 23.7 Å². The van der Waals surface area contributed by atoms with Crippen LogP contribution in [0.3, 0.4) is 0 Å². The molecular formula is C13H16N2O3S. The van der Waals surface area contributed by atoms with Crippen molar-refractivity contribution < 1.29 is 15.0 Å². The largest absolute Gasteiger partial charge is 0.394 e. The molecule has 0 saturated carbocycles. The summed E-state index contributed by atoms with van der Waals surface area (Å²) in [7, 11) is 0. The monoisotopic (exact) mass is 280 g/mol. The van der Waals surface area contributed by atoms with Crippen LogP contribution in [0.4, 0.5) is 0 Å². The number of thiazole rings is 1. The fraction of sp³-hybridized carbons (Fsp3) is 0.385. The number of amides is 1. The second kappa shape index (κ2) is 5.64. The summed E-state index contributed by atoms with van der Waals surface area (Å²) in [6, 6.07) is 5.23. The van der Waals surface area contributed by atoms with Gasteiger partial charge in [-0.1, -0.05) is 6.92 Å². The zero-order chi connectivity index (χ0) is 13.9. The van der Waals surface area contributed by atoms with Crippen molar-refractivity contribution in [2.45, 2.75) is 18.9 Å². The highest BCUT2D eigenvalue weighted by molar-refractivity contribution is 7.16. The summed E-state index contributed by atoms with van der Waals surface area (Å²) < 4.78 is 0.933. The molecule has 102 valence electrons. The van der Waals surface area contributed by atoms with E-state index in [0.717, 1.165) is 10.2 Å². The number of hydrogen-bond donors (Lipinski definition) is 3. The molecule has 0 aliphatic heterocycles. The molecule has 3 N–H and O–H groups in total. The number of nitrogens with one attached hydrogen (secondary N) is 1. The molecule has 1 amide bonds. The standard InChI is InChI=1S/C13H16N2O3S/c1-2-13(6-16,7-17)15-12(18)9-3-4-10-11(5-9)19-8-14-10/h3-5,8,16-17H,2,6-7H2,1H3,(H,15,18). The van der Waals surface area contributed by atoms with Gasteiger partial charge >= 0.3 is 0 Å². The Labute approximate surface area is 114 Å². The second-order valence-electron chi connectivity index (χ2n) is 4.44. The molecule has 0 aliphatic rings. The summed E-state index contributed by atoms with van der Waals surface area (Å²) in [4.78, 5) is 16.3. The van der Waals surface area contributed by atoms with Gasteiger partial charge in [0.25, 0.3) is 5.91 Å². The van der Waals surface area contributed by atoms with Crippen molar-refractivity contribution in [2.24, 2.45) is 0 Å². The van der Waals surface area contributed by atoms with E-state index in [2.05, 4.69) is 10.3 Å². The zero-order valence-corrected chi connectivity index (χ0v) is 11.4. The van der Waals surface area contributed by atoms with Gasteiger partial charge in [-0.2, -0.15) is 0 Å². The van der Waals surface area contributed by atoms with E-state index < -0.39 is 5.54 Å². The minimum Gasteiger partial charge on any atom is -0.394 e. The van der Waals surface area contributed by atoms with E-state index in [4.69, 9.17) is 0 Å². The average molecular weight is 280 g/mol. The number of rotatable bonds is 5. The Balaban J connectivity index is 2.23. The number of benzene rings is 1. The normalized spacial score (nSPS) is 11.7. The number of aliphatic hydroxyl groups excluding tert-OH is 2. The van der Waals surface area contributed by atoms with Crippen molar-refractivity contribution in [2.75, 3.05) is 13.2 Å². The van der Waals surface area contributed by atoms with Crippen LogP contribution in [0, 0.1) is 0 Å². The quantitative estimate of drug-likeness (QED) is 0.767. The molecule has 2 aromatic rings. The van der Waals surface area contributed by atoms with E-state index in [0.29, 0.717) is 12.0 Å². The van der Waals surface area contributed by atoms with Crippen molar-refractivity contribution in [3.8, 4) is 0 Å². The molecule has 6 heteroatoms. The summed E-state index contributed by atoms with van der Waals surface area (Å²) >= 11 is 1.46. The van der Waals surface area contributed by atoms with Gasteiger partial charge in [-0.25, -0.2) is 4.98 Å². The maximum atomic E-state index is 12.2. The minimum absolute atomic E-state index is 0.297. The molecule has 1 aromatic carbocycles. The fourth-order valence-electron chi connectivity index (χ4n) is 1.75. The highest BCUT2D eigenvalue weighted by atomic mass is 32.1. The lowest BCUT2D eigenvalue weighted by atomic mass is 9.98. The number of hydrogen-bond acceptors (Lipinski definition) is 5. The van der Waals surface area contributed by atoms with Crippen molar-refractivity contribution in [3.63, 3.8) is 0 Å². The molecule has 5 nitrogen and oxygen atoms in total. The van der Waals surface area contributed by atoms with E-state index in [1.54, 1.807) is 30.6 Å². The number of aliphatic hydroxyl groups is 2. The first-order valence-corrected chi connectivity index (χ1v) is 6.89. The number of aromatic nitrogens is 1. The number of nitrogens with zero attached hydrogens (tertiary/aromatic N) is 1. The zero-order valence-electron chi connectivity index (χ0n) is 10.6. The van der Waals surface area contributed by atoms with Crippen molar-refractivity contribution in [1.82, 2.24) is 10.3 Å². The number of carbonyl (C=O) groups is 1. The summed E-state index contributed by atoms with van der Waals surface area (Å²) in [5, 5.41) is 21.4. The molecular weight excluding hydrogens is 264 g/mol. The Kier molecular flexibility index (Phi) is 4.14. The molecule has 0 fully saturated rings. The van der Waals surface area contributed by atoms with E-state index in [9.17, 15) is 15.0 Å². The molecule has 0 saturated heterocycles. The summed E-state index contributed by atoms with van der Waals surface area (Å²) in [6.45, 7) is 1.21. The first-order valence-electron chi connectivity index (χ1n) is 6.01. The van der Waals surface area contributed by atoms with Gasteiger partial charge in [-0.05, 0) is 24.6 Å². The van der Waals surface area contributed by atoms with Gasteiger partial charge in [0.2, 0.25) is 0 Å². The van der Waals surface area contributed by atoms with Gasteiger partial charge in [0.05, 0.1) is 34.5 Å². The average Bonchev–Trinajstić information content (AvgIpc) is 2.92. The van der Waals surface area contributed by atoms with Crippen LogP contribution in [0.1, 0.15) is 23.7 Å². The summed E-state index contributed by atoms with van der Waals surface area (Å²) in [5.74, 6) is -0.305. The lowest BCUT2D eigenvalue weighted by molar-refractivity contribution is 0.0653. The molecule has 0 radical (unpaired) electrons. The molecule has 1 aromatic heterocycles. The van der Waals surface area contributed by atoms with Gasteiger partial charge in [-0.15, -0.1) is 11.3 Å². The number of fused-ring (bicyclic) bond motifs is 1. The molecule has 1 heterocycles. The van der Waals surface area contributed by atoms with Crippen molar-refractivity contribution >= 4 is 27.5 Å². The van der Waals surface area contributed by atoms with Crippen molar-refractivity contribution in [1.29, 1.82) is 0 Å². The van der Waals surface area contributed by atoms with Gasteiger partial charge in [0.15, 0.2) is 0 Å². The molecule has 19 heavy (non-hydrogen) atoms. The van der Waals surface area contributed by atoms with E-state index in [1.165, 1.54) is 11.3 Å². The highest BCUT2D eigenvalue weighted by Gasteiger charge is 2.28. The fourth-order valence-corrected chi connectivity index (χ4v) is 2.47. The maximum Gasteiger partial charge on any atom is 0.251 e. The second-order valence-corrected chi connectivity index (χ2v) is 5.33. The van der Waals surface area contributed by atoms with Gasteiger partial charge in [-0.3, -0.25) is 4.79 Å². The highest BCUT2D eigenvalue weighted by Crippen LogP contribution is 2.19. The maximum absolute atomic E-state index is 12.2. The topological polar surface area (TPSA) is 82.5 Å². The summed E-state index contributed by atoms with van der Waals surface area (Å²) in [5.41, 5.74) is 2.10. The van der Waals surface area contributed by atoms with Crippen LogP contribution in [0.2, 0.25) is 0 Å². The minimum atomic E-state index is -0.972. The molecule has 0 spiro atoms. The van der Waals surface area contributed by atoms with E-state index in [1.807, 2.05) is 0 Å². The number of carbonyl (C=O) groups excluding carboxylic acids is 1. The summed E-state index contributed by atoms with van der Waals surface area (Å²) in [6.07, 6.45) is 0.453. The van der Waals surface area contributed by atoms with Gasteiger partial charge in [0, 0.05) is 5.56 Å². The molecule has 0 bridgehead atoms. The molecule has 0 aliphatic carbocycles. The molecule has 0 unspecified atom stereocenters. The lowest BCUT2D eigenvalue weighted by Gasteiger charge is -2.29. The van der Waals surface area contributed by atoms with Crippen LogP contribution in [-0.2, 0) is 0 Å². The predicted octanol–water partition coefficient (Wildman–Crippen LogP) is 1.16. The van der Waals surface area contributed by atoms with E-state index >= 15 is 0 Å². The van der Waals surface area contributed by atoms with Gasteiger partial charge < -0.3 is 15.5 Å². The Morgan fingerprint density at radius 1 is 1.42 bits per heavy atom. The lowest BCUT2D eigenvalue weighted by Crippen LogP contribution is -2.53. The van der Waals surface area contributed by atoms with Crippen LogP contribution in [0.25, 0.3) is 10.2 Å². The molecule has 2 rings (SSSR count).